The number of rotatable bonds is 5. The van der Waals surface area contributed by atoms with Gasteiger partial charge in [0, 0.05) is 31.6 Å². The van der Waals surface area contributed by atoms with Gasteiger partial charge in [0.15, 0.2) is 11.6 Å². The van der Waals surface area contributed by atoms with Gasteiger partial charge in [0.05, 0.1) is 33.7 Å². The molecule has 1 aromatic carbocycles. The van der Waals surface area contributed by atoms with E-state index in [9.17, 15) is 24.3 Å². The molecule has 4 heterocycles. The summed E-state index contributed by atoms with van der Waals surface area (Å²) in [6, 6.07) is 3.04. The highest BCUT2D eigenvalue weighted by atomic mass is 35.5. The molecular weight excluding hydrogens is 649 g/mol. The van der Waals surface area contributed by atoms with Crippen LogP contribution in [0.3, 0.4) is 0 Å². The molecule has 1 atom stereocenters. The summed E-state index contributed by atoms with van der Waals surface area (Å²) in [5.41, 5.74) is -0.668. The maximum Gasteiger partial charge on any atom is 0.276 e. The molecule has 0 aliphatic carbocycles. The number of aromatic hydroxyl groups is 1. The molecule has 2 aliphatic rings. The number of fused-ring (bicyclic) bond motifs is 1. The van der Waals surface area contributed by atoms with E-state index < -0.39 is 50.3 Å². The van der Waals surface area contributed by atoms with Crippen molar-refractivity contribution in [1.29, 1.82) is 5.26 Å². The number of hydrogen-bond donors (Lipinski definition) is 2. The van der Waals surface area contributed by atoms with Crippen molar-refractivity contribution in [2.45, 2.75) is 26.8 Å². The number of amides is 1. The van der Waals surface area contributed by atoms with Gasteiger partial charge in [0.1, 0.15) is 33.1 Å². The first-order valence-electron chi connectivity index (χ1n) is 13.9. The minimum Gasteiger partial charge on any atom is -0.506 e. The number of allylic oxidation sites excluding steroid dienone is 2. The van der Waals surface area contributed by atoms with Gasteiger partial charge in [0.25, 0.3) is 5.56 Å². The van der Waals surface area contributed by atoms with Crippen LogP contribution in [0.5, 0.6) is 5.75 Å². The lowest BCUT2D eigenvalue weighted by Gasteiger charge is -2.37. The van der Waals surface area contributed by atoms with Gasteiger partial charge in [0.2, 0.25) is 5.91 Å². The molecule has 5 rings (SSSR count). The van der Waals surface area contributed by atoms with Crippen LogP contribution >= 0.6 is 34.8 Å². The zero-order valence-electron chi connectivity index (χ0n) is 24.4. The van der Waals surface area contributed by atoms with E-state index in [0.29, 0.717) is 11.3 Å². The van der Waals surface area contributed by atoms with Crippen molar-refractivity contribution < 1.29 is 18.7 Å². The van der Waals surface area contributed by atoms with Gasteiger partial charge in [-0.15, -0.1) is 0 Å². The summed E-state index contributed by atoms with van der Waals surface area (Å²) in [4.78, 5) is 34.6. The lowest BCUT2D eigenvalue weighted by molar-refractivity contribution is -0.126. The van der Waals surface area contributed by atoms with Crippen molar-refractivity contribution in [2.24, 2.45) is 5.92 Å². The molecule has 0 saturated carbocycles. The third-order valence-corrected chi connectivity index (χ3v) is 9.07. The lowest BCUT2D eigenvalue weighted by atomic mass is 9.94. The maximum atomic E-state index is 15.4. The number of carbonyl (C=O) groups excluding carboxylic acids is 1. The van der Waals surface area contributed by atoms with Crippen LogP contribution in [0.15, 0.2) is 41.4 Å². The number of aromatic nitrogens is 2. The molecule has 45 heavy (non-hydrogen) atoms. The Balaban J connectivity index is 1.90. The van der Waals surface area contributed by atoms with E-state index >= 15 is 4.39 Å². The van der Waals surface area contributed by atoms with E-state index in [1.165, 1.54) is 16.7 Å². The summed E-state index contributed by atoms with van der Waals surface area (Å²) in [5, 5.41) is 23.0. The Morgan fingerprint density at radius 2 is 1.87 bits per heavy atom. The molecule has 1 saturated heterocycles. The molecule has 9 nitrogen and oxygen atoms in total. The lowest BCUT2D eigenvalue weighted by Crippen LogP contribution is -2.49. The molecule has 1 amide bonds. The molecule has 0 spiro atoms. The zero-order chi connectivity index (χ0) is 32.9. The molecule has 0 bridgehead atoms. The van der Waals surface area contributed by atoms with Gasteiger partial charge in [-0.25, -0.2) is 13.8 Å². The van der Waals surface area contributed by atoms with Crippen molar-refractivity contribution >= 4 is 63.1 Å². The zero-order valence-corrected chi connectivity index (χ0v) is 26.7. The number of anilines is 1. The minimum absolute atomic E-state index is 0.0274. The monoisotopic (exact) mass is 674 g/mol. The topological polar surface area (TPSA) is 114 Å². The Hall–Kier alpha value is -4.11. The number of nitriles is 1. The van der Waals surface area contributed by atoms with Gasteiger partial charge in [-0.2, -0.15) is 5.26 Å². The fraction of sp³-hybridized carbons (Fsp3) is 0.290. The third-order valence-electron chi connectivity index (χ3n) is 7.96. The predicted octanol–water partition coefficient (Wildman–Crippen LogP) is 6.09. The summed E-state index contributed by atoms with van der Waals surface area (Å²) in [5.74, 6) is -4.24. The standard InChI is InChI=1S/C31H27Cl3F2N6O3/c1-5-19(43)40-8-10-41(11-9-40)28-16-12-18(32)26(20-23(35)24(36)21(33)22(34)29(20)44)39-30(16)42(31(45)17(28)13-37)27-15(4)6-7-38-25(27)14(2)3/h5-7,12,14,25,38,44H,1,8-11H2,2-4H3. The quantitative estimate of drug-likeness (QED) is 0.191. The van der Waals surface area contributed by atoms with Gasteiger partial charge in [-0.05, 0) is 42.8 Å². The highest BCUT2D eigenvalue weighted by Gasteiger charge is 2.33. The second-order valence-electron chi connectivity index (χ2n) is 11.0. The number of phenolic OH excluding ortho intramolecular Hbond substituents is 1. The minimum atomic E-state index is -1.54. The molecule has 2 aromatic heterocycles. The highest BCUT2D eigenvalue weighted by Crippen LogP contribution is 2.46. The molecule has 2 aliphatic heterocycles. The van der Waals surface area contributed by atoms with Crippen LogP contribution in [0, 0.1) is 28.9 Å². The van der Waals surface area contributed by atoms with Crippen molar-refractivity contribution in [3.63, 3.8) is 0 Å². The van der Waals surface area contributed by atoms with Crippen LogP contribution in [0.25, 0.3) is 28.0 Å². The van der Waals surface area contributed by atoms with E-state index in [1.54, 1.807) is 29.0 Å². The average Bonchev–Trinajstić information content (AvgIpc) is 3.02. The number of halogens is 5. The number of benzene rings is 1. The number of carbonyl (C=O) groups is 1. The van der Waals surface area contributed by atoms with Crippen LogP contribution in [-0.2, 0) is 4.79 Å². The number of nitrogens with zero attached hydrogens (tertiary/aromatic N) is 5. The SMILES string of the molecule is C=CC(=O)N1CCN(c2c(C#N)c(=O)n(C3=C(C)C=CNC3C(C)C)c3nc(-c4c(O)c(Cl)c(Cl)c(F)c4F)c(Cl)cc23)CC1. The summed E-state index contributed by atoms with van der Waals surface area (Å²) >= 11 is 18.5. The molecule has 1 unspecified atom stereocenters. The van der Waals surface area contributed by atoms with Crippen molar-refractivity contribution in [1.82, 2.24) is 19.8 Å². The fourth-order valence-electron chi connectivity index (χ4n) is 5.72. The number of phenols is 1. The second-order valence-corrected chi connectivity index (χ2v) is 12.1. The maximum absolute atomic E-state index is 15.4. The largest absolute Gasteiger partial charge is 0.506 e. The van der Waals surface area contributed by atoms with E-state index in [2.05, 4.69) is 22.9 Å². The van der Waals surface area contributed by atoms with Gasteiger partial charge >= 0.3 is 0 Å². The molecule has 3 aromatic rings. The number of dihydropyridines is 1. The van der Waals surface area contributed by atoms with Gasteiger partial charge in [-0.3, -0.25) is 14.2 Å². The fourth-order valence-corrected chi connectivity index (χ4v) is 6.32. The van der Waals surface area contributed by atoms with E-state index in [1.807, 2.05) is 13.8 Å². The highest BCUT2D eigenvalue weighted by molar-refractivity contribution is 6.43. The summed E-state index contributed by atoms with van der Waals surface area (Å²) in [7, 11) is 0. The molecular formula is C31H27Cl3F2N6O3. The van der Waals surface area contributed by atoms with Gasteiger partial charge < -0.3 is 20.2 Å². The second kappa shape index (κ2) is 12.4. The van der Waals surface area contributed by atoms with Crippen LogP contribution in [0.2, 0.25) is 15.1 Å². The molecule has 2 N–H and O–H groups in total. The first-order valence-corrected chi connectivity index (χ1v) is 15.0. The third kappa shape index (κ3) is 5.31. The summed E-state index contributed by atoms with van der Waals surface area (Å²) in [6.07, 6.45) is 4.73. The van der Waals surface area contributed by atoms with Crippen LogP contribution in [-0.4, -0.2) is 57.7 Å². The Morgan fingerprint density at radius 3 is 2.47 bits per heavy atom. The van der Waals surface area contributed by atoms with Crippen molar-refractivity contribution in [3.05, 3.63) is 79.2 Å². The van der Waals surface area contributed by atoms with Gasteiger partial charge in [-0.1, -0.05) is 55.2 Å². The average molecular weight is 676 g/mol. The van der Waals surface area contributed by atoms with E-state index in [-0.39, 0.29) is 65.3 Å². The number of piperazine rings is 1. The Kier molecular flexibility index (Phi) is 8.86. The first-order chi connectivity index (χ1) is 21.3. The van der Waals surface area contributed by atoms with E-state index in [0.717, 1.165) is 0 Å². The molecule has 1 fully saturated rings. The summed E-state index contributed by atoms with van der Waals surface area (Å²) in [6.45, 7) is 10.3. The first kappa shape index (κ1) is 32.3. The van der Waals surface area contributed by atoms with Crippen LogP contribution in [0.1, 0.15) is 26.3 Å². The molecule has 0 radical (unpaired) electrons. The number of pyridine rings is 2. The predicted molar refractivity (Wildman–Crippen MR) is 172 cm³/mol. The number of hydrogen-bond acceptors (Lipinski definition) is 7. The molecule has 14 heteroatoms. The smallest absolute Gasteiger partial charge is 0.276 e. The summed E-state index contributed by atoms with van der Waals surface area (Å²) < 4.78 is 31.4. The van der Waals surface area contributed by atoms with Crippen molar-refractivity contribution in [3.8, 4) is 23.1 Å². The van der Waals surface area contributed by atoms with Crippen molar-refractivity contribution in [2.75, 3.05) is 31.1 Å². The Morgan fingerprint density at radius 1 is 1.20 bits per heavy atom. The Labute approximate surface area is 272 Å². The number of nitrogens with one attached hydrogen (secondary N) is 1. The van der Waals surface area contributed by atoms with Crippen LogP contribution in [0.4, 0.5) is 14.5 Å². The van der Waals surface area contributed by atoms with Crippen LogP contribution < -0.4 is 15.8 Å². The molecule has 234 valence electrons. The van der Waals surface area contributed by atoms with E-state index in [4.69, 9.17) is 34.8 Å². The Bertz CT molecular complexity index is 1910. The normalized spacial score (nSPS) is 16.8.